The first kappa shape index (κ1) is 16.8. The van der Waals surface area contributed by atoms with E-state index in [-0.39, 0.29) is 23.5 Å². The van der Waals surface area contributed by atoms with Crippen LogP contribution in [0.5, 0.6) is 0 Å². The van der Waals surface area contributed by atoms with Gasteiger partial charge in [0, 0.05) is 6.26 Å². The highest BCUT2D eigenvalue weighted by Gasteiger charge is 2.30. The number of aromatic nitrogens is 2. The summed E-state index contributed by atoms with van der Waals surface area (Å²) in [5, 5.41) is 12.2. The lowest BCUT2D eigenvalue weighted by Crippen LogP contribution is -2.09. The SMILES string of the molecule is CS(=O)(=O)c1nn(Cc2cccc(C(F)(F)F)c2)c(N)c1C#N. The number of nitrogens with two attached hydrogens (primary N) is 1. The van der Waals surface area contributed by atoms with Gasteiger partial charge in [-0.25, -0.2) is 13.1 Å². The van der Waals surface area contributed by atoms with Gasteiger partial charge in [-0.05, 0) is 17.7 Å². The molecular weight excluding hydrogens is 333 g/mol. The Balaban J connectivity index is 2.47. The zero-order valence-corrected chi connectivity index (χ0v) is 12.6. The molecule has 0 fully saturated rings. The van der Waals surface area contributed by atoms with Gasteiger partial charge in [0.15, 0.2) is 14.9 Å². The van der Waals surface area contributed by atoms with Crippen molar-refractivity contribution < 1.29 is 21.6 Å². The highest BCUT2D eigenvalue weighted by atomic mass is 32.2. The molecule has 0 radical (unpaired) electrons. The van der Waals surface area contributed by atoms with Crippen LogP contribution in [0.4, 0.5) is 19.0 Å². The summed E-state index contributed by atoms with van der Waals surface area (Å²) < 4.78 is 62.2. The molecule has 0 amide bonds. The van der Waals surface area contributed by atoms with E-state index in [1.807, 2.05) is 0 Å². The summed E-state index contributed by atoms with van der Waals surface area (Å²) in [5.74, 6) is -0.217. The predicted octanol–water partition coefficient (Wildman–Crippen LogP) is 1.81. The van der Waals surface area contributed by atoms with Crippen molar-refractivity contribution in [3.05, 3.63) is 41.0 Å². The number of alkyl halides is 3. The third kappa shape index (κ3) is 3.45. The molecule has 2 aromatic rings. The van der Waals surface area contributed by atoms with Gasteiger partial charge in [0.05, 0.1) is 12.1 Å². The fourth-order valence-corrected chi connectivity index (χ4v) is 2.72. The highest BCUT2D eigenvalue weighted by molar-refractivity contribution is 7.90. The van der Waals surface area contributed by atoms with Crippen molar-refractivity contribution >= 4 is 15.7 Å². The zero-order valence-electron chi connectivity index (χ0n) is 11.8. The average molecular weight is 344 g/mol. The highest BCUT2D eigenvalue weighted by Crippen LogP contribution is 2.30. The third-order valence-corrected chi connectivity index (χ3v) is 4.00. The van der Waals surface area contributed by atoms with Crippen LogP contribution in [0, 0.1) is 11.3 Å². The summed E-state index contributed by atoms with van der Waals surface area (Å²) in [5.41, 5.74) is 4.73. The van der Waals surface area contributed by atoms with Crippen LogP contribution in [0.25, 0.3) is 0 Å². The van der Waals surface area contributed by atoms with E-state index in [9.17, 15) is 21.6 Å². The Kier molecular flexibility index (Phi) is 4.08. The second-order valence-corrected chi connectivity index (χ2v) is 6.74. The summed E-state index contributed by atoms with van der Waals surface area (Å²) in [6.07, 6.45) is -3.63. The topological polar surface area (TPSA) is 102 Å². The van der Waals surface area contributed by atoms with Crippen molar-refractivity contribution in [2.75, 3.05) is 12.0 Å². The van der Waals surface area contributed by atoms with Crippen LogP contribution in [0.3, 0.4) is 0 Å². The first-order valence-electron chi connectivity index (χ1n) is 6.16. The third-order valence-electron chi connectivity index (χ3n) is 3.01. The molecule has 1 aromatic carbocycles. The van der Waals surface area contributed by atoms with E-state index < -0.39 is 26.6 Å². The van der Waals surface area contributed by atoms with Gasteiger partial charge in [0.2, 0.25) is 0 Å². The minimum absolute atomic E-state index is 0.194. The van der Waals surface area contributed by atoms with E-state index in [0.717, 1.165) is 23.1 Å². The van der Waals surface area contributed by atoms with Crippen LogP contribution in [0.2, 0.25) is 0 Å². The van der Waals surface area contributed by atoms with Gasteiger partial charge in [0.25, 0.3) is 0 Å². The molecule has 122 valence electrons. The Morgan fingerprint density at radius 2 is 2.04 bits per heavy atom. The molecule has 0 saturated heterocycles. The van der Waals surface area contributed by atoms with Gasteiger partial charge in [-0.15, -0.1) is 0 Å². The smallest absolute Gasteiger partial charge is 0.383 e. The first-order chi connectivity index (χ1) is 10.5. The second-order valence-electron chi connectivity index (χ2n) is 4.81. The van der Waals surface area contributed by atoms with Crippen molar-refractivity contribution in [2.45, 2.75) is 17.7 Å². The number of benzene rings is 1. The molecule has 10 heteroatoms. The Morgan fingerprint density at radius 1 is 1.39 bits per heavy atom. The van der Waals surface area contributed by atoms with Crippen molar-refractivity contribution in [1.82, 2.24) is 9.78 Å². The molecule has 0 saturated carbocycles. The van der Waals surface area contributed by atoms with Gasteiger partial charge in [0.1, 0.15) is 17.5 Å². The van der Waals surface area contributed by atoms with Crippen LogP contribution in [0.15, 0.2) is 29.3 Å². The molecule has 0 atom stereocenters. The molecule has 2 N–H and O–H groups in total. The number of nitrogens with zero attached hydrogens (tertiary/aromatic N) is 3. The lowest BCUT2D eigenvalue weighted by molar-refractivity contribution is -0.137. The van der Waals surface area contributed by atoms with Gasteiger partial charge >= 0.3 is 6.18 Å². The van der Waals surface area contributed by atoms with Crippen LogP contribution in [0.1, 0.15) is 16.7 Å². The molecule has 0 spiro atoms. The molecule has 6 nitrogen and oxygen atoms in total. The summed E-state index contributed by atoms with van der Waals surface area (Å²) in [4.78, 5) is 0. The van der Waals surface area contributed by atoms with E-state index in [0.29, 0.717) is 0 Å². The van der Waals surface area contributed by atoms with Crippen molar-refractivity contribution in [2.24, 2.45) is 0 Å². The quantitative estimate of drug-likeness (QED) is 0.915. The monoisotopic (exact) mass is 344 g/mol. The summed E-state index contributed by atoms with van der Waals surface area (Å²) in [6, 6.07) is 6.11. The summed E-state index contributed by atoms with van der Waals surface area (Å²) in [6.45, 7) is -0.194. The fraction of sp³-hybridized carbons (Fsp3) is 0.231. The normalized spacial score (nSPS) is 12.1. The van der Waals surface area contributed by atoms with Crippen LogP contribution < -0.4 is 5.73 Å². The lowest BCUT2D eigenvalue weighted by atomic mass is 10.1. The van der Waals surface area contributed by atoms with Gasteiger partial charge in [-0.3, -0.25) is 0 Å². The number of hydrogen-bond donors (Lipinski definition) is 1. The molecule has 1 heterocycles. The zero-order chi connectivity index (χ0) is 17.4. The fourth-order valence-electron chi connectivity index (χ4n) is 1.96. The van der Waals surface area contributed by atoms with Crippen LogP contribution in [-0.2, 0) is 22.6 Å². The molecule has 0 bridgehead atoms. The average Bonchev–Trinajstić information content (AvgIpc) is 2.75. The van der Waals surface area contributed by atoms with Crippen LogP contribution in [-0.4, -0.2) is 24.5 Å². The number of rotatable bonds is 3. The maximum absolute atomic E-state index is 12.7. The molecule has 2 rings (SSSR count). The Labute approximate surface area is 129 Å². The van der Waals surface area contributed by atoms with E-state index in [1.165, 1.54) is 12.1 Å². The molecule has 23 heavy (non-hydrogen) atoms. The van der Waals surface area contributed by atoms with E-state index in [1.54, 1.807) is 6.07 Å². The van der Waals surface area contributed by atoms with Crippen molar-refractivity contribution in [3.63, 3.8) is 0 Å². The van der Waals surface area contributed by atoms with E-state index in [4.69, 9.17) is 11.0 Å². The number of nitriles is 1. The molecule has 0 aliphatic rings. The molecular formula is C13H11F3N4O2S. The maximum atomic E-state index is 12.7. The van der Waals surface area contributed by atoms with Crippen molar-refractivity contribution in [3.8, 4) is 6.07 Å². The maximum Gasteiger partial charge on any atom is 0.416 e. The lowest BCUT2D eigenvalue weighted by Gasteiger charge is -2.09. The summed E-state index contributed by atoms with van der Waals surface area (Å²) >= 11 is 0. The second kappa shape index (κ2) is 5.58. The van der Waals surface area contributed by atoms with E-state index >= 15 is 0 Å². The van der Waals surface area contributed by atoms with E-state index in [2.05, 4.69) is 5.10 Å². The molecule has 0 unspecified atom stereocenters. The number of halogens is 3. The molecule has 0 aliphatic carbocycles. The minimum Gasteiger partial charge on any atom is -0.383 e. The number of anilines is 1. The standard InChI is InChI=1S/C13H11F3N4O2S/c1-23(21,22)12-10(6-17)11(18)20(19-12)7-8-3-2-4-9(5-8)13(14,15)16/h2-5H,7,18H2,1H3. The number of nitrogen functional groups attached to an aromatic ring is 1. The van der Waals surface area contributed by atoms with Gasteiger partial charge in [-0.2, -0.15) is 23.5 Å². The molecule has 0 aliphatic heterocycles. The predicted molar refractivity (Wildman–Crippen MR) is 75.0 cm³/mol. The summed E-state index contributed by atoms with van der Waals surface area (Å²) in [7, 11) is -3.79. The Hall–Kier alpha value is -2.54. The Bertz CT molecular complexity index is 895. The number of hydrogen-bond acceptors (Lipinski definition) is 5. The van der Waals surface area contributed by atoms with Gasteiger partial charge < -0.3 is 5.73 Å². The van der Waals surface area contributed by atoms with Gasteiger partial charge in [-0.1, -0.05) is 12.1 Å². The Morgan fingerprint density at radius 3 is 2.52 bits per heavy atom. The molecule has 1 aromatic heterocycles. The first-order valence-corrected chi connectivity index (χ1v) is 8.05. The minimum atomic E-state index is -4.50. The van der Waals surface area contributed by atoms with Crippen LogP contribution >= 0.6 is 0 Å². The largest absolute Gasteiger partial charge is 0.416 e. The van der Waals surface area contributed by atoms with Crippen molar-refractivity contribution in [1.29, 1.82) is 5.26 Å². The number of sulfone groups is 1.